The minimum Gasteiger partial charge on any atom is -0.370 e. The topological polar surface area (TPSA) is 3.24 Å². The number of hydrogen-bond acceptors (Lipinski definition) is 1. The van der Waals surface area contributed by atoms with Gasteiger partial charge in [-0.05, 0) is 24.8 Å². The first-order valence-corrected chi connectivity index (χ1v) is 3.57. The van der Waals surface area contributed by atoms with Gasteiger partial charge < -0.3 is 4.90 Å². The SMILES string of the molecule is CC1=CC2C(=C1)C=CN2C. The van der Waals surface area contributed by atoms with E-state index in [9.17, 15) is 0 Å². The summed E-state index contributed by atoms with van der Waals surface area (Å²) in [5, 5.41) is 0. The number of allylic oxidation sites excluding steroid dienone is 2. The second kappa shape index (κ2) is 1.75. The highest BCUT2D eigenvalue weighted by molar-refractivity contribution is 5.46. The molecule has 0 aromatic carbocycles. The van der Waals surface area contributed by atoms with Crippen molar-refractivity contribution < 1.29 is 0 Å². The summed E-state index contributed by atoms with van der Waals surface area (Å²) in [5.41, 5.74) is 2.82. The molecule has 1 nitrogen and oxygen atoms in total. The van der Waals surface area contributed by atoms with Gasteiger partial charge in [0, 0.05) is 7.05 Å². The van der Waals surface area contributed by atoms with Gasteiger partial charge in [-0.3, -0.25) is 0 Å². The number of rotatable bonds is 0. The molecule has 0 fully saturated rings. The van der Waals surface area contributed by atoms with E-state index in [4.69, 9.17) is 0 Å². The Morgan fingerprint density at radius 2 is 2.30 bits per heavy atom. The molecule has 0 spiro atoms. The second-order valence-electron chi connectivity index (χ2n) is 2.98. The van der Waals surface area contributed by atoms with Crippen molar-refractivity contribution in [2.45, 2.75) is 13.0 Å². The van der Waals surface area contributed by atoms with E-state index in [2.05, 4.69) is 43.3 Å². The summed E-state index contributed by atoms with van der Waals surface area (Å²) >= 11 is 0. The van der Waals surface area contributed by atoms with Crippen molar-refractivity contribution in [2.24, 2.45) is 0 Å². The van der Waals surface area contributed by atoms with Crippen LogP contribution in [-0.2, 0) is 0 Å². The largest absolute Gasteiger partial charge is 0.370 e. The highest BCUT2D eigenvalue weighted by Crippen LogP contribution is 2.27. The Bertz CT molecular complexity index is 245. The molecule has 10 heavy (non-hydrogen) atoms. The van der Waals surface area contributed by atoms with E-state index < -0.39 is 0 Å². The lowest BCUT2D eigenvalue weighted by atomic mass is 10.2. The van der Waals surface area contributed by atoms with Crippen molar-refractivity contribution in [1.29, 1.82) is 0 Å². The molecule has 2 rings (SSSR count). The van der Waals surface area contributed by atoms with Crippen LogP contribution < -0.4 is 0 Å². The normalized spacial score (nSPS) is 28.6. The average molecular weight is 133 g/mol. The number of nitrogens with zero attached hydrogens (tertiary/aromatic N) is 1. The number of fused-ring (bicyclic) bond motifs is 1. The summed E-state index contributed by atoms with van der Waals surface area (Å²) in [6, 6.07) is 0.542. The molecule has 1 heterocycles. The first-order valence-electron chi connectivity index (χ1n) is 3.57. The summed E-state index contributed by atoms with van der Waals surface area (Å²) in [4.78, 5) is 2.22. The first kappa shape index (κ1) is 5.78. The Balaban J connectivity index is 2.37. The summed E-state index contributed by atoms with van der Waals surface area (Å²) in [5.74, 6) is 0. The highest BCUT2D eigenvalue weighted by Gasteiger charge is 2.21. The van der Waals surface area contributed by atoms with Crippen LogP contribution in [0.4, 0.5) is 0 Å². The van der Waals surface area contributed by atoms with Gasteiger partial charge >= 0.3 is 0 Å². The molecule has 0 saturated carbocycles. The van der Waals surface area contributed by atoms with Gasteiger partial charge in [-0.1, -0.05) is 17.7 Å². The van der Waals surface area contributed by atoms with Gasteiger partial charge in [-0.15, -0.1) is 0 Å². The van der Waals surface area contributed by atoms with E-state index in [1.54, 1.807) is 0 Å². The smallest absolute Gasteiger partial charge is 0.0724 e. The van der Waals surface area contributed by atoms with Crippen LogP contribution in [0.15, 0.2) is 35.6 Å². The fraction of sp³-hybridized carbons (Fsp3) is 0.333. The maximum absolute atomic E-state index is 2.29. The molecule has 0 saturated heterocycles. The van der Waals surface area contributed by atoms with Crippen LogP contribution in [-0.4, -0.2) is 18.0 Å². The Kier molecular flexibility index (Phi) is 1.01. The predicted octanol–water partition coefficient (Wildman–Crippen LogP) is 1.70. The van der Waals surface area contributed by atoms with Gasteiger partial charge in [0.25, 0.3) is 0 Å². The summed E-state index contributed by atoms with van der Waals surface area (Å²) in [6.07, 6.45) is 8.83. The average Bonchev–Trinajstić information content (AvgIpc) is 2.35. The summed E-state index contributed by atoms with van der Waals surface area (Å²) < 4.78 is 0. The molecule has 1 atom stereocenters. The van der Waals surface area contributed by atoms with Crippen molar-refractivity contribution in [2.75, 3.05) is 7.05 Å². The van der Waals surface area contributed by atoms with Crippen LogP contribution in [0.1, 0.15) is 6.92 Å². The zero-order chi connectivity index (χ0) is 7.14. The third-order valence-corrected chi connectivity index (χ3v) is 2.10. The molecule has 2 aliphatic rings. The van der Waals surface area contributed by atoms with E-state index >= 15 is 0 Å². The molecule has 0 amide bonds. The lowest BCUT2D eigenvalue weighted by Crippen LogP contribution is -2.19. The maximum Gasteiger partial charge on any atom is 0.0724 e. The lowest BCUT2D eigenvalue weighted by molar-refractivity contribution is 0.452. The van der Waals surface area contributed by atoms with Crippen molar-refractivity contribution in [3.63, 3.8) is 0 Å². The monoisotopic (exact) mass is 133 g/mol. The van der Waals surface area contributed by atoms with Gasteiger partial charge in [0.1, 0.15) is 0 Å². The molecule has 0 bridgehead atoms. The zero-order valence-electron chi connectivity index (χ0n) is 6.33. The van der Waals surface area contributed by atoms with E-state index in [-0.39, 0.29) is 0 Å². The van der Waals surface area contributed by atoms with Crippen LogP contribution in [0.5, 0.6) is 0 Å². The van der Waals surface area contributed by atoms with Crippen molar-refractivity contribution in [3.8, 4) is 0 Å². The van der Waals surface area contributed by atoms with Crippen molar-refractivity contribution in [1.82, 2.24) is 4.90 Å². The molecule has 1 unspecified atom stereocenters. The maximum atomic E-state index is 2.29. The predicted molar refractivity (Wildman–Crippen MR) is 42.5 cm³/mol. The van der Waals surface area contributed by atoms with Crippen LogP contribution >= 0.6 is 0 Å². The van der Waals surface area contributed by atoms with E-state index in [1.807, 2.05) is 0 Å². The third kappa shape index (κ3) is 0.635. The van der Waals surface area contributed by atoms with Crippen molar-refractivity contribution in [3.05, 3.63) is 35.6 Å². The number of likely N-dealkylation sites (N-methyl/N-ethyl adjacent to an activating group) is 1. The molecule has 0 aromatic heterocycles. The Labute approximate surface area is 61.3 Å². The van der Waals surface area contributed by atoms with Crippen LogP contribution in [0, 0.1) is 0 Å². The minimum absolute atomic E-state index is 0.542. The molecular weight excluding hydrogens is 122 g/mol. The third-order valence-electron chi connectivity index (χ3n) is 2.10. The summed E-state index contributed by atoms with van der Waals surface area (Å²) in [6.45, 7) is 2.15. The molecule has 52 valence electrons. The lowest BCUT2D eigenvalue weighted by Gasteiger charge is -2.15. The van der Waals surface area contributed by atoms with Crippen LogP contribution in [0.3, 0.4) is 0 Å². The molecule has 0 aromatic rings. The molecule has 1 aliphatic carbocycles. The molecule has 0 radical (unpaired) electrons. The van der Waals surface area contributed by atoms with Gasteiger partial charge in [0.2, 0.25) is 0 Å². The standard InChI is InChI=1S/C9H11N/c1-7-5-8-3-4-10(2)9(8)6-7/h3-6,9H,1-2H3. The van der Waals surface area contributed by atoms with Gasteiger partial charge in [0.05, 0.1) is 6.04 Å². The van der Waals surface area contributed by atoms with E-state index in [0.29, 0.717) is 6.04 Å². The molecule has 1 heteroatoms. The van der Waals surface area contributed by atoms with E-state index in [0.717, 1.165) is 0 Å². The highest BCUT2D eigenvalue weighted by atomic mass is 15.1. The van der Waals surface area contributed by atoms with E-state index in [1.165, 1.54) is 11.1 Å². The molecule has 0 N–H and O–H groups in total. The fourth-order valence-corrected chi connectivity index (χ4v) is 1.54. The van der Waals surface area contributed by atoms with Crippen molar-refractivity contribution >= 4 is 0 Å². The Hall–Kier alpha value is -0.980. The fourth-order valence-electron chi connectivity index (χ4n) is 1.54. The Morgan fingerprint density at radius 3 is 3.00 bits per heavy atom. The van der Waals surface area contributed by atoms with Crippen LogP contribution in [0.25, 0.3) is 0 Å². The van der Waals surface area contributed by atoms with Gasteiger partial charge in [-0.25, -0.2) is 0 Å². The molecular formula is C9H11N. The summed E-state index contributed by atoms with van der Waals surface area (Å²) in [7, 11) is 2.11. The van der Waals surface area contributed by atoms with Gasteiger partial charge in [-0.2, -0.15) is 0 Å². The number of hydrogen-bond donors (Lipinski definition) is 0. The second-order valence-corrected chi connectivity index (χ2v) is 2.98. The quantitative estimate of drug-likeness (QED) is 0.486. The van der Waals surface area contributed by atoms with Gasteiger partial charge in [0.15, 0.2) is 0 Å². The van der Waals surface area contributed by atoms with Crippen LogP contribution in [0.2, 0.25) is 0 Å². The Morgan fingerprint density at radius 1 is 1.50 bits per heavy atom. The zero-order valence-corrected chi connectivity index (χ0v) is 6.33. The molecule has 1 aliphatic heterocycles. The minimum atomic E-state index is 0.542. The first-order chi connectivity index (χ1) is 4.77.